The average molecular weight is 317 g/mol. The van der Waals surface area contributed by atoms with E-state index in [4.69, 9.17) is 4.98 Å². The van der Waals surface area contributed by atoms with Crippen LogP contribution in [-0.2, 0) is 6.42 Å². The van der Waals surface area contributed by atoms with Crippen molar-refractivity contribution in [3.63, 3.8) is 0 Å². The van der Waals surface area contributed by atoms with Crippen LogP contribution in [0.5, 0.6) is 0 Å². The van der Waals surface area contributed by atoms with Crippen molar-refractivity contribution >= 4 is 16.6 Å². The molecule has 0 atom stereocenters. The van der Waals surface area contributed by atoms with Gasteiger partial charge in [-0.25, -0.2) is 4.98 Å². The summed E-state index contributed by atoms with van der Waals surface area (Å²) in [6, 6.07) is 17.8. The van der Waals surface area contributed by atoms with Gasteiger partial charge in [-0.15, -0.1) is 0 Å². The van der Waals surface area contributed by atoms with Crippen LogP contribution in [0.3, 0.4) is 0 Å². The minimum Gasteiger partial charge on any atom is -0.306 e. The molecule has 0 saturated carbocycles. The standard InChI is InChI=1S/C20H19N3O/c1-13(2)12-16-19-22-20(24)15-10-6-7-11-17(15)23(19)18(21-16)14-8-4-3-5-9-14/h3-11,13H,12H2,1-2H3,(H,22,24). The Hall–Kier alpha value is -2.88. The lowest BCUT2D eigenvalue weighted by Crippen LogP contribution is -2.10. The SMILES string of the molecule is CC(C)Cc1nc(-c2ccccc2)n2c1[nH]c(=O)c1ccccc12. The van der Waals surface area contributed by atoms with E-state index in [1.165, 1.54) is 0 Å². The molecule has 2 aromatic carbocycles. The van der Waals surface area contributed by atoms with E-state index < -0.39 is 0 Å². The van der Waals surface area contributed by atoms with Crippen molar-refractivity contribution in [2.24, 2.45) is 5.92 Å². The predicted molar refractivity (Wildman–Crippen MR) is 97.3 cm³/mol. The number of hydrogen-bond donors (Lipinski definition) is 1. The van der Waals surface area contributed by atoms with E-state index >= 15 is 0 Å². The van der Waals surface area contributed by atoms with Crippen molar-refractivity contribution in [3.05, 3.63) is 70.6 Å². The van der Waals surface area contributed by atoms with Crippen LogP contribution in [0, 0.1) is 5.92 Å². The molecule has 0 bridgehead atoms. The number of nitrogens with one attached hydrogen (secondary N) is 1. The van der Waals surface area contributed by atoms with Crippen molar-refractivity contribution in [2.45, 2.75) is 20.3 Å². The molecular formula is C20H19N3O. The van der Waals surface area contributed by atoms with E-state index in [1.807, 2.05) is 54.6 Å². The Balaban J connectivity index is 2.15. The molecule has 24 heavy (non-hydrogen) atoms. The summed E-state index contributed by atoms with van der Waals surface area (Å²) in [6.07, 6.45) is 0.824. The molecule has 0 saturated heterocycles. The summed E-state index contributed by atoms with van der Waals surface area (Å²) in [5.74, 6) is 1.33. The van der Waals surface area contributed by atoms with Crippen molar-refractivity contribution in [3.8, 4) is 11.4 Å². The smallest absolute Gasteiger partial charge is 0.258 e. The zero-order chi connectivity index (χ0) is 16.7. The fraction of sp³-hybridized carbons (Fsp3) is 0.200. The maximum Gasteiger partial charge on any atom is 0.258 e. The quantitative estimate of drug-likeness (QED) is 0.620. The highest BCUT2D eigenvalue weighted by atomic mass is 16.1. The van der Waals surface area contributed by atoms with Crippen LogP contribution in [0.2, 0.25) is 0 Å². The summed E-state index contributed by atoms with van der Waals surface area (Å²) in [6.45, 7) is 4.32. The first kappa shape index (κ1) is 14.7. The second-order valence-electron chi connectivity index (χ2n) is 6.50. The van der Waals surface area contributed by atoms with Crippen molar-refractivity contribution in [1.29, 1.82) is 0 Å². The Labute approximate surface area is 139 Å². The molecule has 2 aromatic heterocycles. The summed E-state index contributed by atoms with van der Waals surface area (Å²) in [5, 5.41) is 0.677. The van der Waals surface area contributed by atoms with Crippen LogP contribution in [0.1, 0.15) is 19.5 Å². The van der Waals surface area contributed by atoms with Gasteiger partial charge in [0.25, 0.3) is 5.56 Å². The number of nitrogens with zero attached hydrogens (tertiary/aromatic N) is 2. The summed E-state index contributed by atoms with van der Waals surface area (Å²) >= 11 is 0. The number of H-pyrrole nitrogens is 1. The second kappa shape index (κ2) is 5.64. The summed E-state index contributed by atoms with van der Waals surface area (Å²) < 4.78 is 2.07. The van der Waals surface area contributed by atoms with Gasteiger partial charge in [-0.1, -0.05) is 56.3 Å². The molecule has 0 amide bonds. The molecule has 0 unspecified atom stereocenters. The fourth-order valence-corrected chi connectivity index (χ4v) is 3.17. The highest BCUT2D eigenvalue weighted by molar-refractivity contribution is 5.83. The molecular weight excluding hydrogens is 298 g/mol. The van der Waals surface area contributed by atoms with Gasteiger partial charge in [0.1, 0.15) is 11.5 Å². The first-order chi connectivity index (χ1) is 11.6. The number of hydrogen-bond acceptors (Lipinski definition) is 2. The van der Waals surface area contributed by atoms with Crippen molar-refractivity contribution in [1.82, 2.24) is 14.4 Å². The summed E-state index contributed by atoms with van der Waals surface area (Å²) in [4.78, 5) is 20.4. The van der Waals surface area contributed by atoms with E-state index in [0.717, 1.165) is 34.7 Å². The van der Waals surface area contributed by atoms with E-state index in [9.17, 15) is 4.79 Å². The van der Waals surface area contributed by atoms with E-state index in [0.29, 0.717) is 11.3 Å². The molecule has 0 aliphatic heterocycles. The Morgan fingerprint density at radius 2 is 1.75 bits per heavy atom. The van der Waals surface area contributed by atoms with Gasteiger partial charge in [0.15, 0.2) is 0 Å². The molecule has 4 heteroatoms. The van der Waals surface area contributed by atoms with Gasteiger partial charge in [-0.05, 0) is 24.5 Å². The van der Waals surface area contributed by atoms with E-state index in [2.05, 4.69) is 23.2 Å². The highest BCUT2D eigenvalue weighted by Gasteiger charge is 2.17. The molecule has 0 aliphatic rings. The van der Waals surface area contributed by atoms with Crippen LogP contribution in [0.4, 0.5) is 0 Å². The molecule has 0 fully saturated rings. The van der Waals surface area contributed by atoms with Gasteiger partial charge in [0, 0.05) is 5.56 Å². The third-order valence-electron chi connectivity index (χ3n) is 4.20. The van der Waals surface area contributed by atoms with E-state index in [1.54, 1.807) is 0 Å². The predicted octanol–water partition coefficient (Wildman–Crippen LogP) is 4.04. The largest absolute Gasteiger partial charge is 0.306 e. The Kier molecular flexibility index (Phi) is 3.45. The van der Waals surface area contributed by atoms with E-state index in [-0.39, 0.29) is 5.56 Å². The minimum absolute atomic E-state index is 0.0670. The molecule has 1 N–H and O–H groups in total. The zero-order valence-corrected chi connectivity index (χ0v) is 13.8. The van der Waals surface area contributed by atoms with Gasteiger partial charge in [-0.3, -0.25) is 9.20 Å². The Morgan fingerprint density at radius 1 is 1.04 bits per heavy atom. The molecule has 120 valence electrons. The number of para-hydroxylation sites is 1. The van der Waals surface area contributed by atoms with Crippen LogP contribution in [-0.4, -0.2) is 14.4 Å². The average Bonchev–Trinajstić information content (AvgIpc) is 2.94. The van der Waals surface area contributed by atoms with Crippen LogP contribution in [0.15, 0.2) is 59.4 Å². The topological polar surface area (TPSA) is 50.2 Å². The molecule has 4 rings (SSSR count). The molecule has 0 aliphatic carbocycles. The zero-order valence-electron chi connectivity index (χ0n) is 13.8. The first-order valence-corrected chi connectivity index (χ1v) is 8.23. The number of fused-ring (bicyclic) bond motifs is 3. The van der Waals surface area contributed by atoms with Crippen LogP contribution < -0.4 is 5.56 Å². The van der Waals surface area contributed by atoms with Crippen LogP contribution >= 0.6 is 0 Å². The van der Waals surface area contributed by atoms with Gasteiger partial charge in [-0.2, -0.15) is 0 Å². The third kappa shape index (κ3) is 2.31. The monoisotopic (exact) mass is 317 g/mol. The molecule has 4 aromatic rings. The van der Waals surface area contributed by atoms with Crippen molar-refractivity contribution < 1.29 is 0 Å². The van der Waals surface area contributed by atoms with Crippen molar-refractivity contribution in [2.75, 3.05) is 0 Å². The molecule has 0 spiro atoms. The first-order valence-electron chi connectivity index (χ1n) is 8.23. The Bertz CT molecular complexity index is 1070. The summed E-state index contributed by atoms with van der Waals surface area (Å²) in [5.41, 5.74) is 3.60. The molecule has 0 radical (unpaired) electrons. The minimum atomic E-state index is -0.0670. The highest BCUT2D eigenvalue weighted by Crippen LogP contribution is 2.26. The number of benzene rings is 2. The van der Waals surface area contributed by atoms with Gasteiger partial charge in [0.2, 0.25) is 0 Å². The van der Waals surface area contributed by atoms with Crippen LogP contribution in [0.25, 0.3) is 27.9 Å². The maximum atomic E-state index is 12.5. The van der Waals surface area contributed by atoms with Gasteiger partial charge < -0.3 is 4.98 Å². The van der Waals surface area contributed by atoms with Gasteiger partial charge in [0.05, 0.1) is 16.6 Å². The third-order valence-corrected chi connectivity index (χ3v) is 4.20. The number of imidazole rings is 1. The normalized spacial score (nSPS) is 11.6. The lowest BCUT2D eigenvalue weighted by molar-refractivity contribution is 0.640. The Morgan fingerprint density at radius 3 is 2.50 bits per heavy atom. The lowest BCUT2D eigenvalue weighted by atomic mass is 10.1. The summed E-state index contributed by atoms with van der Waals surface area (Å²) in [7, 11) is 0. The second-order valence-corrected chi connectivity index (χ2v) is 6.50. The molecule has 2 heterocycles. The van der Waals surface area contributed by atoms with Gasteiger partial charge >= 0.3 is 0 Å². The molecule has 4 nitrogen and oxygen atoms in total. The number of aromatic nitrogens is 3. The maximum absolute atomic E-state index is 12.5. The fourth-order valence-electron chi connectivity index (χ4n) is 3.17. The number of aromatic amines is 1. The number of rotatable bonds is 3. The lowest BCUT2D eigenvalue weighted by Gasteiger charge is -2.06.